The zero-order valence-electron chi connectivity index (χ0n) is 26.1. The molecule has 2 aromatic heterocycles. The fourth-order valence-corrected chi connectivity index (χ4v) is 6.66. The van der Waals surface area contributed by atoms with Gasteiger partial charge >= 0.3 is 0 Å². The van der Waals surface area contributed by atoms with Crippen molar-refractivity contribution in [1.29, 1.82) is 0 Å². The standard InChI is InChI=1S/C35H42N6O3/c1-21-16-24(17-25-20-41(13-11-28(21)25)14-12-32(43)38-26-6-8-27(42)9-7-26)31-19-37-34-33(39-31)30(18-36-34)23-5-10-29(22(2)15-23)35(44)40(3)4/h5,10,15-19,26-27,42H,6-9,11-14,20H2,1-4H3,(H,36,37)(H,38,43)/t26-,27-. The maximum atomic E-state index is 12.6. The topological polar surface area (TPSA) is 114 Å². The Balaban J connectivity index is 1.19. The Morgan fingerprint density at radius 1 is 1.07 bits per heavy atom. The number of hydrogen-bond acceptors (Lipinski definition) is 6. The summed E-state index contributed by atoms with van der Waals surface area (Å²) < 4.78 is 0. The van der Waals surface area contributed by atoms with Gasteiger partial charge in [-0.3, -0.25) is 14.5 Å². The Bertz CT molecular complexity index is 1700. The molecule has 3 N–H and O–H groups in total. The van der Waals surface area contributed by atoms with E-state index in [1.165, 1.54) is 16.7 Å². The molecule has 0 bridgehead atoms. The molecule has 1 saturated carbocycles. The van der Waals surface area contributed by atoms with Crippen molar-refractivity contribution in [3.05, 3.63) is 70.5 Å². The van der Waals surface area contributed by atoms with E-state index in [0.717, 1.165) is 90.8 Å². The minimum absolute atomic E-state index is 0.0133. The summed E-state index contributed by atoms with van der Waals surface area (Å²) in [6.45, 7) is 6.59. The third kappa shape index (κ3) is 6.25. The van der Waals surface area contributed by atoms with Crippen LogP contribution in [0.2, 0.25) is 0 Å². The summed E-state index contributed by atoms with van der Waals surface area (Å²) in [7, 11) is 3.52. The normalized spacial score (nSPS) is 18.7. The minimum Gasteiger partial charge on any atom is -0.393 e. The van der Waals surface area contributed by atoms with Crippen LogP contribution in [-0.4, -0.2) is 81.0 Å². The Labute approximate surface area is 258 Å². The Kier molecular flexibility index (Phi) is 8.51. The van der Waals surface area contributed by atoms with Crippen molar-refractivity contribution in [3.63, 3.8) is 0 Å². The van der Waals surface area contributed by atoms with Gasteiger partial charge in [-0.25, -0.2) is 9.97 Å². The molecule has 0 radical (unpaired) electrons. The van der Waals surface area contributed by atoms with E-state index in [-0.39, 0.29) is 24.0 Å². The molecule has 3 heterocycles. The Morgan fingerprint density at radius 2 is 1.84 bits per heavy atom. The Morgan fingerprint density at radius 3 is 2.59 bits per heavy atom. The van der Waals surface area contributed by atoms with Crippen LogP contribution in [0.4, 0.5) is 0 Å². The summed E-state index contributed by atoms with van der Waals surface area (Å²) in [5, 5.41) is 12.9. The summed E-state index contributed by atoms with van der Waals surface area (Å²) >= 11 is 0. The number of aromatic nitrogens is 3. The SMILES string of the molecule is Cc1cc(-c2c[nH]c3ncc(-c4cc(C)c5c(c4)CN(CCC(=O)N[C@H]4CC[C@H](O)CC4)CC5)nc23)ccc1C(=O)N(C)C. The van der Waals surface area contributed by atoms with Gasteiger partial charge in [0.05, 0.1) is 18.0 Å². The molecule has 0 saturated heterocycles. The quantitative estimate of drug-likeness (QED) is 0.284. The van der Waals surface area contributed by atoms with Gasteiger partial charge in [-0.2, -0.15) is 0 Å². The first-order valence-corrected chi connectivity index (χ1v) is 15.7. The minimum atomic E-state index is -0.217. The molecular formula is C35H42N6O3. The van der Waals surface area contributed by atoms with Crippen LogP contribution in [0.15, 0.2) is 42.7 Å². The van der Waals surface area contributed by atoms with Gasteiger partial charge in [0, 0.05) is 69.1 Å². The Hall–Kier alpha value is -4.08. The molecule has 0 atom stereocenters. The van der Waals surface area contributed by atoms with E-state index in [0.29, 0.717) is 12.0 Å². The number of aromatic amines is 1. The lowest BCUT2D eigenvalue weighted by Gasteiger charge is -2.30. The molecule has 2 aromatic carbocycles. The maximum Gasteiger partial charge on any atom is 0.253 e. The molecule has 6 rings (SSSR count). The van der Waals surface area contributed by atoms with Crippen LogP contribution in [0.5, 0.6) is 0 Å². The van der Waals surface area contributed by atoms with Gasteiger partial charge in [-0.05, 0) is 92.0 Å². The van der Waals surface area contributed by atoms with Gasteiger partial charge in [0.25, 0.3) is 5.91 Å². The van der Waals surface area contributed by atoms with E-state index in [1.54, 1.807) is 19.0 Å². The number of carbonyl (C=O) groups is 2. The number of amides is 2. The van der Waals surface area contributed by atoms with Crippen LogP contribution >= 0.6 is 0 Å². The van der Waals surface area contributed by atoms with E-state index in [2.05, 4.69) is 34.3 Å². The van der Waals surface area contributed by atoms with E-state index in [9.17, 15) is 14.7 Å². The van der Waals surface area contributed by atoms with Crippen molar-refractivity contribution < 1.29 is 14.7 Å². The highest BCUT2D eigenvalue weighted by atomic mass is 16.3. The van der Waals surface area contributed by atoms with Crippen LogP contribution in [0.25, 0.3) is 33.5 Å². The van der Waals surface area contributed by atoms with Crippen LogP contribution in [0.3, 0.4) is 0 Å². The van der Waals surface area contributed by atoms with E-state index < -0.39 is 0 Å². The summed E-state index contributed by atoms with van der Waals surface area (Å²) in [5.41, 5.74) is 10.8. The van der Waals surface area contributed by atoms with Crippen LogP contribution in [-0.2, 0) is 17.8 Å². The lowest BCUT2D eigenvalue weighted by atomic mass is 9.92. The molecule has 1 aliphatic heterocycles. The lowest BCUT2D eigenvalue weighted by Crippen LogP contribution is -2.40. The van der Waals surface area contributed by atoms with Gasteiger partial charge in [0.15, 0.2) is 5.65 Å². The first-order valence-electron chi connectivity index (χ1n) is 15.7. The van der Waals surface area contributed by atoms with Gasteiger partial charge in [-0.15, -0.1) is 0 Å². The molecule has 0 unspecified atom stereocenters. The second kappa shape index (κ2) is 12.5. The molecule has 1 fully saturated rings. The van der Waals surface area contributed by atoms with Crippen molar-refractivity contribution in [3.8, 4) is 22.4 Å². The first kappa shape index (κ1) is 30.0. The number of H-pyrrole nitrogens is 1. The molecule has 2 aliphatic rings. The monoisotopic (exact) mass is 594 g/mol. The number of hydrogen-bond donors (Lipinski definition) is 3. The zero-order valence-corrected chi connectivity index (χ0v) is 26.1. The molecular weight excluding hydrogens is 552 g/mol. The molecule has 2 amide bonds. The van der Waals surface area contributed by atoms with Crippen molar-refractivity contribution in [1.82, 2.24) is 30.1 Å². The fraction of sp³-hybridized carbons (Fsp3) is 0.429. The van der Waals surface area contributed by atoms with Crippen molar-refractivity contribution in [2.24, 2.45) is 0 Å². The first-order chi connectivity index (χ1) is 21.2. The highest BCUT2D eigenvalue weighted by molar-refractivity contribution is 5.97. The second-order valence-electron chi connectivity index (χ2n) is 12.7. The van der Waals surface area contributed by atoms with Crippen LogP contribution < -0.4 is 5.32 Å². The molecule has 0 spiro atoms. The largest absolute Gasteiger partial charge is 0.393 e. The van der Waals surface area contributed by atoms with E-state index >= 15 is 0 Å². The smallest absolute Gasteiger partial charge is 0.253 e. The summed E-state index contributed by atoms with van der Waals surface area (Å²) in [6.07, 6.45) is 8.23. The average Bonchev–Trinajstić information content (AvgIpc) is 3.44. The molecule has 1 aliphatic carbocycles. The lowest BCUT2D eigenvalue weighted by molar-refractivity contribution is -0.122. The second-order valence-corrected chi connectivity index (χ2v) is 12.7. The van der Waals surface area contributed by atoms with Gasteiger partial charge in [0.2, 0.25) is 5.91 Å². The molecule has 9 heteroatoms. The van der Waals surface area contributed by atoms with E-state index in [1.807, 2.05) is 37.5 Å². The molecule has 9 nitrogen and oxygen atoms in total. The fourth-order valence-electron chi connectivity index (χ4n) is 6.66. The molecule has 230 valence electrons. The number of fused-ring (bicyclic) bond motifs is 2. The average molecular weight is 595 g/mol. The van der Waals surface area contributed by atoms with Gasteiger partial charge in [-0.1, -0.05) is 12.1 Å². The van der Waals surface area contributed by atoms with Crippen LogP contribution in [0.1, 0.15) is 64.7 Å². The summed E-state index contributed by atoms with van der Waals surface area (Å²) in [6, 6.07) is 10.5. The van der Waals surface area contributed by atoms with Crippen molar-refractivity contribution in [2.45, 2.75) is 71.1 Å². The highest BCUT2D eigenvalue weighted by Crippen LogP contribution is 2.32. The van der Waals surface area contributed by atoms with E-state index in [4.69, 9.17) is 9.97 Å². The van der Waals surface area contributed by atoms with Crippen molar-refractivity contribution >= 4 is 23.0 Å². The number of nitrogens with one attached hydrogen (secondary N) is 2. The van der Waals surface area contributed by atoms with Gasteiger partial charge in [0.1, 0.15) is 5.52 Å². The molecule has 44 heavy (non-hydrogen) atoms. The molecule has 4 aromatic rings. The maximum absolute atomic E-state index is 12.6. The zero-order chi connectivity index (χ0) is 31.0. The number of carbonyl (C=O) groups excluding carboxylic acids is 2. The number of aryl methyl sites for hydroxylation is 2. The summed E-state index contributed by atoms with van der Waals surface area (Å²) in [5.74, 6) is 0.0859. The van der Waals surface area contributed by atoms with Crippen molar-refractivity contribution in [2.75, 3.05) is 27.2 Å². The predicted octanol–water partition coefficient (Wildman–Crippen LogP) is 4.78. The highest BCUT2D eigenvalue weighted by Gasteiger charge is 2.23. The third-order valence-corrected chi connectivity index (χ3v) is 9.20. The third-order valence-electron chi connectivity index (χ3n) is 9.20. The number of rotatable bonds is 7. The number of aliphatic hydroxyl groups is 1. The number of nitrogens with zero attached hydrogens (tertiary/aromatic N) is 4. The summed E-state index contributed by atoms with van der Waals surface area (Å²) in [4.78, 5) is 42.2. The van der Waals surface area contributed by atoms with Crippen LogP contribution in [0, 0.1) is 13.8 Å². The number of aliphatic hydroxyl groups excluding tert-OH is 1. The van der Waals surface area contributed by atoms with Gasteiger partial charge < -0.3 is 20.3 Å². The predicted molar refractivity (Wildman–Crippen MR) is 172 cm³/mol. The number of benzene rings is 2.